The van der Waals surface area contributed by atoms with Crippen LogP contribution in [0.4, 0.5) is 5.13 Å². The zero-order valence-electron chi connectivity index (χ0n) is 16.3. The van der Waals surface area contributed by atoms with Crippen molar-refractivity contribution in [1.82, 2.24) is 9.97 Å². The number of benzene rings is 2. The number of nitrogens with zero attached hydrogens (tertiary/aromatic N) is 2. The number of nitrogens with one attached hydrogen (secondary N) is 1. The summed E-state index contributed by atoms with van der Waals surface area (Å²) >= 11 is 1.68. The molecular formula is C24H21N3O2S. The van der Waals surface area contributed by atoms with Crippen molar-refractivity contribution in [3.8, 4) is 11.3 Å². The Balaban J connectivity index is 1.40. The molecule has 4 aromatic rings. The zero-order chi connectivity index (χ0) is 20.5. The Morgan fingerprint density at radius 1 is 1.10 bits per heavy atom. The van der Waals surface area contributed by atoms with E-state index in [-0.39, 0.29) is 5.69 Å². The van der Waals surface area contributed by atoms with Gasteiger partial charge in [-0.05, 0) is 60.7 Å². The van der Waals surface area contributed by atoms with E-state index in [1.807, 2.05) is 24.3 Å². The number of pyridine rings is 1. The maximum atomic E-state index is 11.3. The van der Waals surface area contributed by atoms with Gasteiger partial charge in [0.2, 0.25) is 0 Å². The van der Waals surface area contributed by atoms with Crippen molar-refractivity contribution >= 4 is 32.7 Å². The maximum absolute atomic E-state index is 11.3. The molecule has 2 heterocycles. The van der Waals surface area contributed by atoms with E-state index in [9.17, 15) is 9.90 Å². The second-order valence-corrected chi connectivity index (χ2v) is 8.61. The van der Waals surface area contributed by atoms with Crippen LogP contribution in [0.2, 0.25) is 0 Å². The molecule has 30 heavy (non-hydrogen) atoms. The summed E-state index contributed by atoms with van der Waals surface area (Å²) in [5.41, 5.74) is 5.45. The van der Waals surface area contributed by atoms with Gasteiger partial charge in [-0.3, -0.25) is 0 Å². The third-order valence-corrected chi connectivity index (χ3v) is 6.64. The normalized spacial score (nSPS) is 15.7. The number of aryl methyl sites for hydroxylation is 1. The SMILES string of the molecule is O=C(O)c1cccc(-c2ccc3c(c2)C(CNc2nc4ccccc4s2)CCC3)n1. The van der Waals surface area contributed by atoms with Crippen molar-refractivity contribution in [3.05, 3.63) is 77.5 Å². The van der Waals surface area contributed by atoms with Gasteiger partial charge < -0.3 is 10.4 Å². The largest absolute Gasteiger partial charge is 0.477 e. The van der Waals surface area contributed by atoms with E-state index in [2.05, 4.69) is 39.6 Å². The Morgan fingerprint density at radius 3 is 2.87 bits per heavy atom. The molecule has 1 unspecified atom stereocenters. The van der Waals surface area contributed by atoms with Crippen LogP contribution in [-0.2, 0) is 6.42 Å². The lowest BCUT2D eigenvalue weighted by Gasteiger charge is -2.26. The van der Waals surface area contributed by atoms with Gasteiger partial charge >= 0.3 is 5.97 Å². The van der Waals surface area contributed by atoms with Crippen LogP contribution < -0.4 is 5.32 Å². The molecule has 0 bridgehead atoms. The first-order valence-corrected chi connectivity index (χ1v) is 10.9. The lowest BCUT2D eigenvalue weighted by Crippen LogP contribution is -2.18. The van der Waals surface area contributed by atoms with E-state index in [1.165, 1.54) is 28.3 Å². The van der Waals surface area contributed by atoms with E-state index in [1.54, 1.807) is 17.4 Å². The number of thiazole rings is 1. The number of carboxylic acid groups (broad SMARTS) is 1. The summed E-state index contributed by atoms with van der Waals surface area (Å²) in [4.78, 5) is 20.3. The first-order valence-electron chi connectivity index (χ1n) is 10.1. The molecule has 0 saturated heterocycles. The molecule has 1 aliphatic carbocycles. The minimum absolute atomic E-state index is 0.0688. The van der Waals surface area contributed by atoms with E-state index in [0.29, 0.717) is 11.6 Å². The Kier molecular flexibility index (Phi) is 4.93. The monoisotopic (exact) mass is 415 g/mol. The van der Waals surface area contributed by atoms with Gasteiger partial charge in [-0.25, -0.2) is 14.8 Å². The number of anilines is 1. The van der Waals surface area contributed by atoms with Crippen LogP contribution in [0.1, 0.15) is 40.4 Å². The van der Waals surface area contributed by atoms with Crippen molar-refractivity contribution in [1.29, 1.82) is 0 Å². The first kappa shape index (κ1) is 18.8. The van der Waals surface area contributed by atoms with Gasteiger partial charge in [0.05, 0.1) is 15.9 Å². The number of hydrogen-bond acceptors (Lipinski definition) is 5. The molecule has 150 valence electrons. The molecule has 0 radical (unpaired) electrons. The smallest absolute Gasteiger partial charge is 0.354 e. The third-order valence-electron chi connectivity index (χ3n) is 5.64. The Morgan fingerprint density at radius 2 is 2.00 bits per heavy atom. The van der Waals surface area contributed by atoms with Gasteiger partial charge in [0, 0.05) is 18.0 Å². The number of aromatic nitrogens is 2. The lowest BCUT2D eigenvalue weighted by atomic mass is 9.81. The maximum Gasteiger partial charge on any atom is 0.354 e. The minimum atomic E-state index is -1.01. The quantitative estimate of drug-likeness (QED) is 0.444. The second kappa shape index (κ2) is 7.88. The van der Waals surface area contributed by atoms with Gasteiger partial charge in [-0.15, -0.1) is 0 Å². The summed E-state index contributed by atoms with van der Waals surface area (Å²) in [6, 6.07) is 19.7. The fraction of sp³-hybridized carbons (Fsp3) is 0.208. The Bertz CT molecular complexity index is 1200. The molecule has 2 aromatic carbocycles. The van der Waals surface area contributed by atoms with Gasteiger partial charge in [-0.2, -0.15) is 0 Å². The lowest BCUT2D eigenvalue weighted by molar-refractivity contribution is 0.0690. The molecule has 0 aliphatic heterocycles. The number of rotatable bonds is 5. The van der Waals surface area contributed by atoms with Gasteiger partial charge in [0.15, 0.2) is 5.13 Å². The van der Waals surface area contributed by atoms with Gasteiger partial charge in [0.1, 0.15) is 5.69 Å². The van der Waals surface area contributed by atoms with E-state index >= 15 is 0 Å². The van der Waals surface area contributed by atoms with Crippen LogP contribution in [0.25, 0.3) is 21.5 Å². The van der Waals surface area contributed by atoms with Crippen LogP contribution in [0.5, 0.6) is 0 Å². The number of hydrogen-bond donors (Lipinski definition) is 2. The minimum Gasteiger partial charge on any atom is -0.477 e. The summed E-state index contributed by atoms with van der Waals surface area (Å²) < 4.78 is 1.19. The fourth-order valence-electron chi connectivity index (χ4n) is 4.14. The zero-order valence-corrected chi connectivity index (χ0v) is 17.2. The average Bonchev–Trinajstić information content (AvgIpc) is 3.20. The number of carboxylic acids is 1. The van der Waals surface area contributed by atoms with Crippen molar-refractivity contribution in [2.24, 2.45) is 0 Å². The van der Waals surface area contributed by atoms with Crippen LogP contribution in [0, 0.1) is 0 Å². The molecule has 1 atom stereocenters. The van der Waals surface area contributed by atoms with Crippen molar-refractivity contribution in [2.75, 3.05) is 11.9 Å². The molecule has 6 heteroatoms. The molecule has 0 amide bonds. The van der Waals surface area contributed by atoms with Crippen molar-refractivity contribution < 1.29 is 9.90 Å². The van der Waals surface area contributed by atoms with Crippen molar-refractivity contribution in [2.45, 2.75) is 25.2 Å². The molecule has 1 aliphatic rings. The summed E-state index contributed by atoms with van der Waals surface area (Å²) in [6.45, 7) is 0.832. The van der Waals surface area contributed by atoms with E-state index in [4.69, 9.17) is 0 Å². The van der Waals surface area contributed by atoms with Gasteiger partial charge in [-0.1, -0.05) is 41.7 Å². The van der Waals surface area contributed by atoms with E-state index in [0.717, 1.165) is 35.6 Å². The molecule has 2 N–H and O–H groups in total. The molecule has 0 fully saturated rings. The number of fused-ring (bicyclic) bond motifs is 2. The fourth-order valence-corrected chi connectivity index (χ4v) is 5.01. The molecular weight excluding hydrogens is 394 g/mol. The average molecular weight is 416 g/mol. The molecule has 5 nitrogen and oxygen atoms in total. The number of para-hydroxylation sites is 1. The summed E-state index contributed by atoms with van der Waals surface area (Å²) in [5.74, 6) is -0.615. The van der Waals surface area contributed by atoms with Crippen LogP contribution >= 0.6 is 11.3 Å². The predicted octanol–water partition coefficient (Wildman–Crippen LogP) is 5.59. The highest BCUT2D eigenvalue weighted by molar-refractivity contribution is 7.22. The molecule has 0 spiro atoms. The second-order valence-electron chi connectivity index (χ2n) is 7.58. The Hall–Kier alpha value is -3.25. The first-order chi connectivity index (χ1) is 14.7. The highest BCUT2D eigenvalue weighted by atomic mass is 32.1. The molecule has 0 saturated carbocycles. The summed E-state index contributed by atoms with van der Waals surface area (Å²) in [6.07, 6.45) is 3.37. The predicted molar refractivity (Wildman–Crippen MR) is 120 cm³/mol. The highest BCUT2D eigenvalue weighted by Gasteiger charge is 2.21. The number of carbonyl (C=O) groups is 1. The highest BCUT2D eigenvalue weighted by Crippen LogP contribution is 2.35. The third kappa shape index (κ3) is 3.66. The van der Waals surface area contributed by atoms with Gasteiger partial charge in [0.25, 0.3) is 0 Å². The molecule has 5 rings (SSSR count). The van der Waals surface area contributed by atoms with E-state index < -0.39 is 5.97 Å². The topological polar surface area (TPSA) is 75.1 Å². The van der Waals surface area contributed by atoms with Crippen LogP contribution in [0.3, 0.4) is 0 Å². The van der Waals surface area contributed by atoms with Crippen LogP contribution in [0.15, 0.2) is 60.7 Å². The Labute approximate surface area is 178 Å². The summed E-state index contributed by atoms with van der Waals surface area (Å²) in [7, 11) is 0. The summed E-state index contributed by atoms with van der Waals surface area (Å²) in [5, 5.41) is 13.7. The molecule has 2 aromatic heterocycles. The number of aromatic carboxylic acids is 1. The van der Waals surface area contributed by atoms with Crippen molar-refractivity contribution in [3.63, 3.8) is 0 Å². The standard InChI is InChI=1S/C24H21N3O2S/c28-23(29)21-9-4-8-19(26-21)16-12-11-15-5-3-6-17(18(15)13-16)14-25-24-27-20-7-1-2-10-22(20)30-24/h1-2,4,7-13,17H,3,5-6,14H2,(H,25,27)(H,28,29). The van der Waals surface area contributed by atoms with Crippen LogP contribution in [-0.4, -0.2) is 27.6 Å².